The molecule has 0 amide bonds. The molecule has 0 radical (unpaired) electrons. The molecule has 0 saturated carbocycles. The molecule has 3 nitrogen and oxygen atoms in total. The third-order valence-corrected chi connectivity index (χ3v) is 4.32. The van der Waals surface area contributed by atoms with Crippen LogP contribution < -0.4 is 4.74 Å². The van der Waals surface area contributed by atoms with Gasteiger partial charge in [0.05, 0.1) is 5.71 Å². The van der Waals surface area contributed by atoms with E-state index in [1.807, 2.05) is 25.1 Å². The molecule has 0 fully saturated rings. The Labute approximate surface area is 123 Å². The summed E-state index contributed by atoms with van der Waals surface area (Å²) in [6.45, 7) is 6.47. The smallest absolute Gasteiger partial charge is 0.129 e. The minimum Gasteiger partial charge on any atom is -0.487 e. The number of nitrogens with zero attached hydrogens (tertiary/aromatic N) is 1. The lowest BCUT2D eigenvalue weighted by molar-refractivity contribution is 0.306. The Hall–Kier alpha value is -1.81. The highest BCUT2D eigenvalue weighted by molar-refractivity contribution is 7.11. The summed E-state index contributed by atoms with van der Waals surface area (Å²) in [6.07, 6.45) is 1.05. The highest BCUT2D eigenvalue weighted by atomic mass is 32.1. The van der Waals surface area contributed by atoms with E-state index >= 15 is 0 Å². The summed E-state index contributed by atoms with van der Waals surface area (Å²) in [5.41, 5.74) is 2.50. The van der Waals surface area contributed by atoms with Crippen LogP contribution in [0.15, 0.2) is 35.5 Å². The van der Waals surface area contributed by atoms with Gasteiger partial charge in [0, 0.05) is 15.3 Å². The second-order valence-corrected chi connectivity index (χ2v) is 5.95. The van der Waals surface area contributed by atoms with E-state index in [9.17, 15) is 0 Å². The fourth-order valence-electron chi connectivity index (χ4n) is 1.94. The van der Waals surface area contributed by atoms with Crippen molar-refractivity contribution in [3.63, 3.8) is 0 Å². The molecule has 0 aliphatic rings. The molecular formula is C16H19NO2S. The van der Waals surface area contributed by atoms with E-state index in [1.54, 1.807) is 18.3 Å². The van der Waals surface area contributed by atoms with E-state index in [1.165, 1.54) is 9.75 Å². The number of aryl methyl sites for hydroxylation is 2. The molecule has 1 aromatic heterocycles. The Bertz CT molecular complexity index is 617. The lowest BCUT2D eigenvalue weighted by Gasteiger charge is -2.11. The molecule has 2 rings (SSSR count). The van der Waals surface area contributed by atoms with Crippen LogP contribution in [0.2, 0.25) is 0 Å². The van der Waals surface area contributed by atoms with Crippen molar-refractivity contribution < 1.29 is 9.94 Å². The lowest BCUT2D eigenvalue weighted by atomic mass is 10.1. The molecule has 1 N–H and O–H groups in total. The van der Waals surface area contributed by atoms with Gasteiger partial charge in [-0.25, -0.2) is 0 Å². The minimum atomic E-state index is 0.541. The van der Waals surface area contributed by atoms with Crippen LogP contribution in [0.1, 0.15) is 34.7 Å². The van der Waals surface area contributed by atoms with Gasteiger partial charge >= 0.3 is 0 Å². The van der Waals surface area contributed by atoms with Crippen molar-refractivity contribution in [1.82, 2.24) is 0 Å². The first-order valence-electron chi connectivity index (χ1n) is 6.64. The van der Waals surface area contributed by atoms with Gasteiger partial charge in [-0.1, -0.05) is 18.1 Å². The Morgan fingerprint density at radius 1 is 1.25 bits per heavy atom. The second-order valence-electron chi connectivity index (χ2n) is 4.70. The van der Waals surface area contributed by atoms with Crippen LogP contribution in [0.4, 0.5) is 0 Å². The molecule has 0 aliphatic heterocycles. The molecule has 0 saturated heterocycles. The molecule has 0 spiro atoms. The summed E-state index contributed by atoms with van der Waals surface area (Å²) in [7, 11) is 0. The maximum absolute atomic E-state index is 8.94. The van der Waals surface area contributed by atoms with Crippen molar-refractivity contribution in [2.24, 2.45) is 5.16 Å². The van der Waals surface area contributed by atoms with Crippen molar-refractivity contribution in [3.05, 3.63) is 51.2 Å². The Morgan fingerprint density at radius 3 is 2.65 bits per heavy atom. The Morgan fingerprint density at radius 2 is 2.00 bits per heavy atom. The lowest BCUT2D eigenvalue weighted by Crippen LogP contribution is -2.02. The van der Waals surface area contributed by atoms with Gasteiger partial charge in [0.25, 0.3) is 0 Å². The van der Waals surface area contributed by atoms with E-state index in [0.717, 1.165) is 23.3 Å². The molecule has 0 unspecified atom stereocenters. The predicted octanol–water partition coefficient (Wildman–Crippen LogP) is 4.40. The quantitative estimate of drug-likeness (QED) is 0.503. The number of rotatable bonds is 5. The highest BCUT2D eigenvalue weighted by Gasteiger charge is 2.09. The number of ether oxygens (including phenoxy) is 1. The topological polar surface area (TPSA) is 41.8 Å². The maximum atomic E-state index is 8.94. The zero-order valence-electron chi connectivity index (χ0n) is 12.0. The van der Waals surface area contributed by atoms with Gasteiger partial charge in [0.2, 0.25) is 0 Å². The molecule has 0 bridgehead atoms. The Kier molecular flexibility index (Phi) is 4.79. The molecule has 20 heavy (non-hydrogen) atoms. The van der Waals surface area contributed by atoms with Crippen molar-refractivity contribution in [3.8, 4) is 5.75 Å². The highest BCUT2D eigenvalue weighted by Crippen LogP contribution is 2.24. The molecule has 0 aliphatic carbocycles. The van der Waals surface area contributed by atoms with Gasteiger partial charge < -0.3 is 9.94 Å². The van der Waals surface area contributed by atoms with Crippen LogP contribution in [0.3, 0.4) is 0 Å². The standard InChI is InChI=1S/C16H19NO2S/c1-4-13-6-7-14(20-13)10-19-16-9-11(2)5-8-15(16)12(3)17-18/h5-9,18H,4,10H2,1-3H3. The van der Waals surface area contributed by atoms with Crippen LogP contribution in [0, 0.1) is 6.92 Å². The largest absolute Gasteiger partial charge is 0.487 e. The fraction of sp³-hybridized carbons (Fsp3) is 0.312. The van der Waals surface area contributed by atoms with Crippen molar-refractivity contribution in [2.45, 2.75) is 33.8 Å². The van der Waals surface area contributed by atoms with Crippen molar-refractivity contribution in [1.29, 1.82) is 0 Å². The van der Waals surface area contributed by atoms with Crippen LogP contribution in [0.25, 0.3) is 0 Å². The number of thiophene rings is 1. The summed E-state index contributed by atoms with van der Waals surface area (Å²) >= 11 is 1.77. The molecule has 106 valence electrons. The summed E-state index contributed by atoms with van der Waals surface area (Å²) in [6, 6.07) is 10.1. The van der Waals surface area contributed by atoms with E-state index in [-0.39, 0.29) is 0 Å². The van der Waals surface area contributed by atoms with Gasteiger partial charge in [-0.2, -0.15) is 0 Å². The summed E-state index contributed by atoms with van der Waals surface area (Å²) < 4.78 is 5.90. The van der Waals surface area contributed by atoms with Crippen molar-refractivity contribution >= 4 is 17.0 Å². The summed E-state index contributed by atoms with van der Waals surface area (Å²) in [5.74, 6) is 0.756. The van der Waals surface area contributed by atoms with Gasteiger partial charge in [-0.05, 0) is 50.1 Å². The zero-order valence-corrected chi connectivity index (χ0v) is 12.8. The average molecular weight is 289 g/mol. The van der Waals surface area contributed by atoms with Gasteiger partial charge in [0.15, 0.2) is 0 Å². The van der Waals surface area contributed by atoms with E-state index in [2.05, 4.69) is 24.2 Å². The number of oxime groups is 1. The van der Waals surface area contributed by atoms with E-state index in [0.29, 0.717) is 12.3 Å². The van der Waals surface area contributed by atoms with Crippen LogP contribution in [-0.2, 0) is 13.0 Å². The maximum Gasteiger partial charge on any atom is 0.129 e. The zero-order chi connectivity index (χ0) is 14.5. The van der Waals surface area contributed by atoms with Crippen LogP contribution in [0.5, 0.6) is 5.75 Å². The van der Waals surface area contributed by atoms with Gasteiger partial charge in [-0.15, -0.1) is 11.3 Å². The summed E-state index contributed by atoms with van der Waals surface area (Å²) in [5, 5.41) is 12.2. The second kappa shape index (κ2) is 6.57. The summed E-state index contributed by atoms with van der Waals surface area (Å²) in [4.78, 5) is 2.56. The van der Waals surface area contributed by atoms with Gasteiger partial charge in [0.1, 0.15) is 12.4 Å². The number of hydrogen-bond donors (Lipinski definition) is 1. The molecule has 4 heteroatoms. The Balaban J connectivity index is 2.17. The molecule has 2 aromatic rings. The van der Waals surface area contributed by atoms with E-state index < -0.39 is 0 Å². The molecule has 1 aromatic carbocycles. The average Bonchev–Trinajstić information content (AvgIpc) is 2.92. The minimum absolute atomic E-state index is 0.541. The molecule has 1 heterocycles. The van der Waals surface area contributed by atoms with Crippen molar-refractivity contribution in [2.75, 3.05) is 0 Å². The van der Waals surface area contributed by atoms with Crippen LogP contribution in [-0.4, -0.2) is 10.9 Å². The normalized spacial score (nSPS) is 11.7. The first-order chi connectivity index (χ1) is 9.63. The van der Waals surface area contributed by atoms with E-state index in [4.69, 9.17) is 9.94 Å². The number of benzene rings is 1. The molecule has 0 atom stereocenters. The van der Waals surface area contributed by atoms with Crippen LogP contribution >= 0.6 is 11.3 Å². The fourth-order valence-corrected chi connectivity index (χ4v) is 2.81. The third kappa shape index (κ3) is 3.39. The monoisotopic (exact) mass is 289 g/mol. The first kappa shape index (κ1) is 14.6. The van der Waals surface area contributed by atoms with Gasteiger partial charge in [-0.3, -0.25) is 0 Å². The SMILES string of the molecule is CCc1ccc(COc2cc(C)ccc2C(C)=NO)s1. The first-order valence-corrected chi connectivity index (χ1v) is 7.45. The predicted molar refractivity (Wildman–Crippen MR) is 83.2 cm³/mol. The third-order valence-electron chi connectivity index (χ3n) is 3.11. The molecular weight excluding hydrogens is 270 g/mol. The number of hydrogen-bond acceptors (Lipinski definition) is 4.